The highest BCUT2D eigenvalue weighted by atomic mass is 16.6. The van der Waals surface area contributed by atoms with Crippen LogP contribution in [0.4, 0.5) is 10.6 Å². The number of benzene rings is 1. The molecule has 1 aromatic carbocycles. The van der Waals surface area contributed by atoms with Crippen molar-refractivity contribution in [1.82, 2.24) is 20.0 Å². The number of likely N-dealkylation sites (tertiary alicyclic amines) is 1. The van der Waals surface area contributed by atoms with Crippen LogP contribution in [0.15, 0.2) is 42.5 Å². The number of ether oxygens (including phenoxy) is 1. The van der Waals surface area contributed by atoms with E-state index in [1.165, 1.54) is 4.90 Å². The molecule has 0 aliphatic carbocycles. The molecule has 0 radical (unpaired) electrons. The van der Waals surface area contributed by atoms with Crippen LogP contribution in [0.3, 0.4) is 0 Å². The van der Waals surface area contributed by atoms with E-state index >= 15 is 0 Å². The summed E-state index contributed by atoms with van der Waals surface area (Å²) in [4.78, 5) is 29.7. The molecule has 3 fully saturated rings. The predicted octanol–water partition coefficient (Wildman–Crippen LogP) is 1.49. The number of anilines is 1. The number of carbonyl (C=O) groups excluding carboxylic acids is 2. The van der Waals surface area contributed by atoms with Gasteiger partial charge < -0.3 is 14.5 Å². The van der Waals surface area contributed by atoms with Crippen molar-refractivity contribution >= 4 is 17.8 Å². The highest BCUT2D eigenvalue weighted by Gasteiger charge is 2.42. The predicted molar refractivity (Wildman–Crippen MR) is 106 cm³/mol. The molecule has 29 heavy (non-hydrogen) atoms. The van der Waals surface area contributed by atoms with Gasteiger partial charge in [-0.05, 0) is 12.1 Å². The maximum atomic E-state index is 12.5. The van der Waals surface area contributed by atoms with Crippen molar-refractivity contribution in [1.29, 1.82) is 0 Å². The highest BCUT2D eigenvalue weighted by Crippen LogP contribution is 2.33. The van der Waals surface area contributed by atoms with Gasteiger partial charge in [0.2, 0.25) is 5.91 Å². The second-order valence-corrected chi connectivity index (χ2v) is 7.90. The van der Waals surface area contributed by atoms with E-state index in [1.807, 2.05) is 47.4 Å². The van der Waals surface area contributed by atoms with Crippen LogP contribution in [0.2, 0.25) is 0 Å². The van der Waals surface area contributed by atoms with E-state index in [-0.39, 0.29) is 18.5 Å². The molecule has 2 aromatic rings. The maximum Gasteiger partial charge on any atom is 0.410 e. The fourth-order valence-electron chi connectivity index (χ4n) is 4.47. The normalized spacial score (nSPS) is 23.4. The Morgan fingerprint density at radius 2 is 1.76 bits per heavy atom. The Labute approximate surface area is 169 Å². The van der Waals surface area contributed by atoms with E-state index in [1.54, 1.807) is 0 Å². The van der Waals surface area contributed by atoms with Crippen LogP contribution in [0.25, 0.3) is 11.3 Å². The molecule has 2 amide bonds. The van der Waals surface area contributed by atoms with Crippen molar-refractivity contribution in [3.63, 3.8) is 0 Å². The fourth-order valence-corrected chi connectivity index (χ4v) is 4.47. The Hall–Kier alpha value is -3.16. The molecule has 1 aromatic heterocycles. The van der Waals surface area contributed by atoms with Crippen molar-refractivity contribution in [3.8, 4) is 11.3 Å². The van der Waals surface area contributed by atoms with Crippen LogP contribution >= 0.6 is 0 Å². The molecule has 3 aliphatic rings. The highest BCUT2D eigenvalue weighted by molar-refractivity contribution is 5.83. The van der Waals surface area contributed by atoms with Crippen LogP contribution in [-0.4, -0.2) is 77.9 Å². The van der Waals surface area contributed by atoms with E-state index < -0.39 is 0 Å². The molecule has 3 saturated heterocycles. The summed E-state index contributed by atoms with van der Waals surface area (Å²) in [6.07, 6.45) is -0.388. The number of hydrogen-bond donors (Lipinski definition) is 0. The summed E-state index contributed by atoms with van der Waals surface area (Å²) in [5.74, 6) is 1.76. The molecule has 0 saturated carbocycles. The Bertz CT molecular complexity index is 890. The third-order valence-electron chi connectivity index (χ3n) is 6.05. The molecule has 0 spiro atoms. The van der Waals surface area contributed by atoms with E-state index in [4.69, 9.17) is 4.74 Å². The van der Waals surface area contributed by atoms with Gasteiger partial charge in [0.05, 0.1) is 12.2 Å². The molecule has 8 heteroatoms. The van der Waals surface area contributed by atoms with Gasteiger partial charge in [0.25, 0.3) is 0 Å². The van der Waals surface area contributed by atoms with Gasteiger partial charge in [0.15, 0.2) is 5.82 Å². The summed E-state index contributed by atoms with van der Waals surface area (Å²) < 4.78 is 4.90. The van der Waals surface area contributed by atoms with Crippen LogP contribution < -0.4 is 4.90 Å². The minimum Gasteiger partial charge on any atom is -0.448 e. The van der Waals surface area contributed by atoms with Crippen molar-refractivity contribution in [2.24, 2.45) is 11.8 Å². The van der Waals surface area contributed by atoms with Crippen molar-refractivity contribution in [2.45, 2.75) is 0 Å². The lowest BCUT2D eigenvalue weighted by atomic mass is 10.0. The fraction of sp³-hybridized carbons (Fsp3) is 0.429. The average molecular weight is 393 g/mol. The third-order valence-corrected chi connectivity index (χ3v) is 6.05. The monoisotopic (exact) mass is 393 g/mol. The zero-order valence-electron chi connectivity index (χ0n) is 16.1. The van der Waals surface area contributed by atoms with Crippen LogP contribution in [0.5, 0.6) is 0 Å². The lowest BCUT2D eigenvalue weighted by Gasteiger charge is -2.23. The van der Waals surface area contributed by atoms with Gasteiger partial charge in [-0.25, -0.2) is 4.79 Å². The molecular weight excluding hydrogens is 370 g/mol. The second-order valence-electron chi connectivity index (χ2n) is 7.90. The largest absolute Gasteiger partial charge is 0.448 e. The number of aromatic nitrogens is 2. The summed E-state index contributed by atoms with van der Waals surface area (Å²) in [6.45, 7) is 4.21. The zero-order valence-corrected chi connectivity index (χ0v) is 16.1. The number of cyclic esters (lactones) is 1. The molecule has 0 N–H and O–H groups in total. The number of nitrogens with zero attached hydrogens (tertiary/aromatic N) is 5. The first-order chi connectivity index (χ1) is 14.2. The number of hydrogen-bond acceptors (Lipinski definition) is 6. The summed E-state index contributed by atoms with van der Waals surface area (Å²) in [5, 5.41) is 8.82. The average Bonchev–Trinajstić information content (AvgIpc) is 3.44. The summed E-state index contributed by atoms with van der Waals surface area (Å²) >= 11 is 0. The first kappa shape index (κ1) is 17.9. The Morgan fingerprint density at radius 1 is 1.00 bits per heavy atom. The van der Waals surface area contributed by atoms with E-state index in [2.05, 4.69) is 15.1 Å². The van der Waals surface area contributed by atoms with E-state index in [0.29, 0.717) is 25.0 Å². The van der Waals surface area contributed by atoms with Gasteiger partial charge in [-0.15, -0.1) is 10.2 Å². The van der Waals surface area contributed by atoms with Gasteiger partial charge >= 0.3 is 6.09 Å². The second kappa shape index (κ2) is 7.35. The van der Waals surface area contributed by atoms with Crippen molar-refractivity contribution in [2.75, 3.05) is 50.8 Å². The summed E-state index contributed by atoms with van der Waals surface area (Å²) in [7, 11) is 0. The minimum absolute atomic E-state index is 0.0109. The third kappa shape index (κ3) is 3.50. The molecule has 2 unspecified atom stereocenters. The van der Waals surface area contributed by atoms with Crippen molar-refractivity contribution < 1.29 is 14.3 Å². The summed E-state index contributed by atoms with van der Waals surface area (Å²) in [5.41, 5.74) is 1.92. The smallest absolute Gasteiger partial charge is 0.410 e. The number of fused-ring (bicyclic) bond motifs is 1. The standard InChI is InChI=1S/C21H23N5O3/c27-20(14-24-8-9-29-21(24)28)26-12-16-10-25(11-17(16)13-26)19-7-6-18(22-23-19)15-4-2-1-3-5-15/h1-7,16-17H,8-14H2. The van der Waals surface area contributed by atoms with Crippen LogP contribution in [0.1, 0.15) is 0 Å². The van der Waals surface area contributed by atoms with Gasteiger partial charge in [-0.3, -0.25) is 9.69 Å². The van der Waals surface area contributed by atoms with Crippen LogP contribution in [-0.2, 0) is 9.53 Å². The Morgan fingerprint density at radius 3 is 2.38 bits per heavy atom. The molecule has 5 rings (SSSR count). The first-order valence-corrected chi connectivity index (χ1v) is 10.0. The van der Waals surface area contributed by atoms with Gasteiger partial charge in [-0.1, -0.05) is 30.3 Å². The summed E-state index contributed by atoms with van der Waals surface area (Å²) in [6, 6.07) is 14.1. The molecule has 0 bridgehead atoms. The quantitative estimate of drug-likeness (QED) is 0.783. The first-order valence-electron chi connectivity index (χ1n) is 10.0. The number of rotatable bonds is 4. The lowest BCUT2D eigenvalue weighted by Crippen LogP contribution is -2.41. The molecule has 150 valence electrons. The molecule has 2 atom stereocenters. The van der Waals surface area contributed by atoms with Gasteiger partial charge in [0.1, 0.15) is 13.2 Å². The molecule has 4 heterocycles. The molecule has 3 aliphatic heterocycles. The van der Waals surface area contributed by atoms with Crippen LogP contribution in [0, 0.1) is 11.8 Å². The number of carbonyl (C=O) groups is 2. The number of amides is 2. The topological polar surface area (TPSA) is 78.9 Å². The lowest BCUT2D eigenvalue weighted by molar-refractivity contribution is -0.130. The minimum atomic E-state index is -0.388. The Balaban J connectivity index is 1.18. The molecule has 8 nitrogen and oxygen atoms in total. The van der Waals surface area contributed by atoms with E-state index in [9.17, 15) is 9.59 Å². The van der Waals surface area contributed by atoms with E-state index in [0.717, 1.165) is 43.3 Å². The zero-order chi connectivity index (χ0) is 19.8. The Kier molecular flexibility index (Phi) is 4.54. The van der Waals surface area contributed by atoms with Crippen molar-refractivity contribution in [3.05, 3.63) is 42.5 Å². The van der Waals surface area contributed by atoms with Gasteiger partial charge in [-0.2, -0.15) is 0 Å². The SMILES string of the molecule is O=C(CN1CCOC1=O)N1CC2CN(c3ccc(-c4ccccc4)nn3)CC2C1. The molecular formula is C21H23N5O3. The maximum absolute atomic E-state index is 12.5. The van der Waals surface area contributed by atoms with Gasteiger partial charge in [0, 0.05) is 43.6 Å².